The van der Waals surface area contributed by atoms with Gasteiger partial charge in [-0.1, -0.05) is 30.3 Å². The topological polar surface area (TPSA) is 65.0 Å². The molecule has 1 aliphatic carbocycles. The van der Waals surface area contributed by atoms with E-state index in [4.69, 9.17) is 19.3 Å². The Kier molecular flexibility index (Phi) is 5.02. The average molecular weight is 382 g/mol. The van der Waals surface area contributed by atoms with E-state index in [1.165, 1.54) is 0 Å². The first kappa shape index (κ1) is 18.8. The van der Waals surface area contributed by atoms with E-state index in [2.05, 4.69) is 13.0 Å². The van der Waals surface area contributed by atoms with E-state index in [0.717, 1.165) is 35.5 Å². The summed E-state index contributed by atoms with van der Waals surface area (Å²) in [6, 6.07) is 15.8. The first-order chi connectivity index (χ1) is 13.5. The molecule has 0 unspecified atom stereocenters. The van der Waals surface area contributed by atoms with Crippen LogP contribution < -0.4 is 9.47 Å². The van der Waals surface area contributed by atoms with Crippen LogP contribution in [0.3, 0.4) is 0 Å². The number of carbonyl (C=O) groups is 1. The van der Waals surface area contributed by atoms with Gasteiger partial charge in [0.05, 0.1) is 38.3 Å². The molecule has 1 heterocycles. The van der Waals surface area contributed by atoms with Crippen LogP contribution in [-0.2, 0) is 14.9 Å². The molecule has 0 atom stereocenters. The minimum Gasteiger partial charge on any atom is -0.493 e. The second-order valence-corrected chi connectivity index (χ2v) is 8.21. The Morgan fingerprint density at radius 3 is 2.29 bits per heavy atom. The van der Waals surface area contributed by atoms with E-state index in [1.54, 1.807) is 0 Å². The quantitative estimate of drug-likeness (QED) is 0.711. The average Bonchev–Trinajstić information content (AvgIpc) is 3.43. The Hall–Kier alpha value is -2.53. The van der Waals surface area contributed by atoms with E-state index in [0.29, 0.717) is 26.4 Å². The van der Waals surface area contributed by atoms with Crippen LogP contribution >= 0.6 is 0 Å². The highest BCUT2D eigenvalue weighted by molar-refractivity contribution is 5.69. The Balaban J connectivity index is 1.32. The molecule has 4 rings (SSSR count). The van der Waals surface area contributed by atoms with Gasteiger partial charge in [0, 0.05) is 5.41 Å². The van der Waals surface area contributed by atoms with Gasteiger partial charge in [0.25, 0.3) is 0 Å². The lowest BCUT2D eigenvalue weighted by Gasteiger charge is -2.40. The molecule has 2 aromatic rings. The van der Waals surface area contributed by atoms with Gasteiger partial charge in [0.15, 0.2) is 0 Å². The Morgan fingerprint density at radius 1 is 1.04 bits per heavy atom. The first-order valence-electron chi connectivity index (χ1n) is 9.72. The number of hydrogen-bond acceptors (Lipinski definition) is 4. The van der Waals surface area contributed by atoms with Crippen molar-refractivity contribution in [3.05, 3.63) is 59.7 Å². The molecule has 148 valence electrons. The van der Waals surface area contributed by atoms with Crippen LogP contribution in [0.1, 0.15) is 30.4 Å². The van der Waals surface area contributed by atoms with E-state index in [9.17, 15) is 4.79 Å². The standard InChI is InChI=1S/C23H26O5/c1-17-4-2-3-5-20(17)28-14-22(10-11-22)13-27-19-8-6-18(7-9-19)23(12-21(24)25)15-26-16-23/h2-9H,10-16H2,1H3,(H,24,25). The van der Waals surface area contributed by atoms with E-state index in [-0.39, 0.29) is 11.8 Å². The van der Waals surface area contributed by atoms with Gasteiger partial charge in [0.1, 0.15) is 11.5 Å². The molecule has 0 bridgehead atoms. The van der Waals surface area contributed by atoms with Crippen LogP contribution in [0, 0.1) is 12.3 Å². The van der Waals surface area contributed by atoms with Crippen LogP contribution in [0.25, 0.3) is 0 Å². The van der Waals surface area contributed by atoms with Crippen molar-refractivity contribution in [1.82, 2.24) is 0 Å². The molecule has 0 spiro atoms. The fourth-order valence-corrected chi connectivity index (χ4v) is 3.61. The predicted octanol–water partition coefficient (Wildman–Crippen LogP) is 3.98. The summed E-state index contributed by atoms with van der Waals surface area (Å²) in [4.78, 5) is 11.2. The fraction of sp³-hybridized carbons (Fsp3) is 0.435. The summed E-state index contributed by atoms with van der Waals surface area (Å²) in [5, 5.41) is 9.17. The van der Waals surface area contributed by atoms with E-state index < -0.39 is 11.4 Å². The molecule has 0 aromatic heterocycles. The number of aryl methyl sites for hydroxylation is 1. The lowest BCUT2D eigenvalue weighted by Crippen LogP contribution is -2.48. The fourth-order valence-electron chi connectivity index (χ4n) is 3.61. The third-order valence-corrected chi connectivity index (χ3v) is 5.84. The number of para-hydroxylation sites is 1. The van der Waals surface area contributed by atoms with Gasteiger partial charge in [-0.2, -0.15) is 0 Å². The third-order valence-electron chi connectivity index (χ3n) is 5.84. The minimum atomic E-state index is -0.798. The number of hydrogen-bond donors (Lipinski definition) is 1. The molecule has 2 aliphatic rings. The largest absolute Gasteiger partial charge is 0.493 e. The number of rotatable bonds is 9. The summed E-state index contributed by atoms with van der Waals surface area (Å²) in [6.45, 7) is 4.26. The van der Waals surface area contributed by atoms with Crippen LogP contribution in [0.15, 0.2) is 48.5 Å². The van der Waals surface area contributed by atoms with Crippen LogP contribution in [0.4, 0.5) is 0 Å². The summed E-state index contributed by atoms with van der Waals surface area (Å²) in [6.07, 6.45) is 2.30. The maximum Gasteiger partial charge on any atom is 0.304 e. The third kappa shape index (κ3) is 3.99. The van der Waals surface area contributed by atoms with Gasteiger partial charge in [-0.3, -0.25) is 4.79 Å². The first-order valence-corrected chi connectivity index (χ1v) is 9.72. The molecular weight excluding hydrogens is 356 g/mol. The van der Waals surface area contributed by atoms with Crippen molar-refractivity contribution in [1.29, 1.82) is 0 Å². The van der Waals surface area contributed by atoms with Crippen LogP contribution in [-0.4, -0.2) is 37.5 Å². The molecule has 1 saturated heterocycles. The maximum atomic E-state index is 11.2. The predicted molar refractivity (Wildman–Crippen MR) is 105 cm³/mol. The molecule has 2 fully saturated rings. The van der Waals surface area contributed by atoms with E-state index in [1.807, 2.05) is 42.5 Å². The highest BCUT2D eigenvalue weighted by Crippen LogP contribution is 2.46. The van der Waals surface area contributed by atoms with Crippen LogP contribution in [0.2, 0.25) is 0 Å². The van der Waals surface area contributed by atoms with Gasteiger partial charge in [-0.25, -0.2) is 0 Å². The Morgan fingerprint density at radius 2 is 1.71 bits per heavy atom. The van der Waals surface area contributed by atoms with Gasteiger partial charge in [-0.05, 0) is 49.1 Å². The normalized spacial score (nSPS) is 18.8. The zero-order valence-electron chi connectivity index (χ0n) is 16.1. The number of aliphatic carboxylic acids is 1. The summed E-state index contributed by atoms with van der Waals surface area (Å²) in [5.74, 6) is 0.939. The molecule has 1 aliphatic heterocycles. The highest BCUT2D eigenvalue weighted by Gasteiger charge is 2.45. The summed E-state index contributed by atoms with van der Waals surface area (Å²) in [5.41, 5.74) is 1.83. The zero-order valence-corrected chi connectivity index (χ0v) is 16.1. The van der Waals surface area contributed by atoms with Gasteiger partial charge in [-0.15, -0.1) is 0 Å². The summed E-state index contributed by atoms with van der Waals surface area (Å²) >= 11 is 0. The van der Waals surface area contributed by atoms with Crippen molar-refractivity contribution in [2.24, 2.45) is 5.41 Å². The molecule has 0 radical (unpaired) electrons. The Bertz CT molecular complexity index is 834. The molecule has 5 nitrogen and oxygen atoms in total. The summed E-state index contributed by atoms with van der Waals surface area (Å²) in [7, 11) is 0. The lowest BCUT2D eigenvalue weighted by molar-refractivity contribution is -0.145. The number of carboxylic acid groups (broad SMARTS) is 1. The SMILES string of the molecule is Cc1ccccc1OCC1(COc2ccc(C3(CC(=O)O)COC3)cc2)CC1. The zero-order chi connectivity index (χ0) is 19.6. The summed E-state index contributed by atoms with van der Waals surface area (Å²) < 4.78 is 17.3. The van der Waals surface area contributed by atoms with Gasteiger partial charge < -0.3 is 19.3 Å². The van der Waals surface area contributed by atoms with Crippen molar-refractivity contribution in [3.63, 3.8) is 0 Å². The monoisotopic (exact) mass is 382 g/mol. The van der Waals surface area contributed by atoms with Crippen molar-refractivity contribution < 1.29 is 24.1 Å². The van der Waals surface area contributed by atoms with Crippen molar-refractivity contribution >= 4 is 5.97 Å². The number of ether oxygens (including phenoxy) is 3. The van der Waals surface area contributed by atoms with Crippen molar-refractivity contribution in [3.8, 4) is 11.5 Å². The smallest absolute Gasteiger partial charge is 0.304 e. The molecule has 2 aromatic carbocycles. The van der Waals surface area contributed by atoms with Crippen molar-refractivity contribution in [2.75, 3.05) is 26.4 Å². The highest BCUT2D eigenvalue weighted by atomic mass is 16.5. The molecule has 28 heavy (non-hydrogen) atoms. The molecule has 5 heteroatoms. The second kappa shape index (κ2) is 7.47. The number of carboxylic acids is 1. The van der Waals surface area contributed by atoms with E-state index >= 15 is 0 Å². The second-order valence-electron chi connectivity index (χ2n) is 8.21. The minimum absolute atomic E-state index is 0.0898. The number of benzene rings is 2. The molecule has 1 N–H and O–H groups in total. The molecule has 1 saturated carbocycles. The molecule has 0 amide bonds. The molecular formula is C23H26O5. The lowest BCUT2D eigenvalue weighted by atomic mass is 9.76. The Labute approximate surface area is 165 Å². The van der Waals surface area contributed by atoms with Gasteiger partial charge in [0.2, 0.25) is 0 Å². The van der Waals surface area contributed by atoms with Crippen molar-refractivity contribution in [2.45, 2.75) is 31.6 Å². The maximum absolute atomic E-state index is 11.2. The van der Waals surface area contributed by atoms with Gasteiger partial charge >= 0.3 is 5.97 Å². The van der Waals surface area contributed by atoms with Crippen LogP contribution in [0.5, 0.6) is 11.5 Å².